The van der Waals surface area contributed by atoms with E-state index in [1.807, 2.05) is 28.8 Å². The van der Waals surface area contributed by atoms with Gasteiger partial charge in [0, 0.05) is 6.54 Å². The van der Waals surface area contributed by atoms with Gasteiger partial charge in [0.2, 0.25) is 0 Å². The van der Waals surface area contributed by atoms with Gasteiger partial charge in [-0.2, -0.15) is 0 Å². The number of piperidine rings is 1. The molecule has 1 fully saturated rings. The molecule has 1 aliphatic rings. The van der Waals surface area contributed by atoms with Crippen LogP contribution in [-0.4, -0.2) is 34.1 Å². The lowest BCUT2D eigenvalue weighted by atomic mass is 9.89. The SMILES string of the molecule is CC(C)CCC1CCN(CCCn2c(=O)[nH]c3ccccc32)CC1. The van der Waals surface area contributed by atoms with E-state index in [1.54, 1.807) is 0 Å². The third kappa shape index (κ3) is 4.29. The molecule has 1 aliphatic heterocycles. The predicted molar refractivity (Wildman–Crippen MR) is 100 cm³/mol. The number of likely N-dealkylation sites (tertiary alicyclic amines) is 1. The Balaban J connectivity index is 1.44. The minimum absolute atomic E-state index is 0.0172. The van der Waals surface area contributed by atoms with Gasteiger partial charge in [-0.25, -0.2) is 4.79 Å². The van der Waals surface area contributed by atoms with Crippen molar-refractivity contribution in [2.75, 3.05) is 19.6 Å². The third-order valence-corrected chi connectivity index (χ3v) is 5.40. The molecule has 132 valence electrons. The van der Waals surface area contributed by atoms with E-state index < -0.39 is 0 Å². The zero-order valence-electron chi connectivity index (χ0n) is 15.1. The molecular weight excluding hydrogens is 298 g/mol. The summed E-state index contributed by atoms with van der Waals surface area (Å²) in [6.45, 7) is 9.00. The Kier molecular flexibility index (Phi) is 5.77. The highest BCUT2D eigenvalue weighted by molar-refractivity contribution is 5.74. The summed E-state index contributed by atoms with van der Waals surface area (Å²) in [6, 6.07) is 7.95. The van der Waals surface area contributed by atoms with E-state index in [0.29, 0.717) is 0 Å². The Labute approximate surface area is 144 Å². The van der Waals surface area contributed by atoms with Gasteiger partial charge < -0.3 is 9.88 Å². The van der Waals surface area contributed by atoms with Crippen LogP contribution in [0.2, 0.25) is 0 Å². The van der Waals surface area contributed by atoms with Gasteiger partial charge in [0.25, 0.3) is 0 Å². The summed E-state index contributed by atoms with van der Waals surface area (Å²) in [6.07, 6.45) is 6.50. The van der Waals surface area contributed by atoms with Gasteiger partial charge in [0.15, 0.2) is 0 Å². The van der Waals surface area contributed by atoms with Gasteiger partial charge >= 0.3 is 5.69 Å². The van der Waals surface area contributed by atoms with Crippen molar-refractivity contribution < 1.29 is 0 Å². The van der Waals surface area contributed by atoms with Gasteiger partial charge in [-0.05, 0) is 62.9 Å². The summed E-state index contributed by atoms with van der Waals surface area (Å²) in [5.41, 5.74) is 1.98. The molecule has 4 nitrogen and oxygen atoms in total. The second kappa shape index (κ2) is 8.02. The highest BCUT2D eigenvalue weighted by Gasteiger charge is 2.19. The zero-order chi connectivity index (χ0) is 16.9. The number of hydrogen-bond donors (Lipinski definition) is 1. The van der Waals surface area contributed by atoms with Crippen molar-refractivity contribution in [3.63, 3.8) is 0 Å². The van der Waals surface area contributed by atoms with Crippen molar-refractivity contribution in [1.82, 2.24) is 14.5 Å². The molecular formula is C20H31N3O. The minimum Gasteiger partial charge on any atom is -0.306 e. The molecule has 3 rings (SSSR count). The first-order valence-electron chi connectivity index (χ1n) is 9.53. The van der Waals surface area contributed by atoms with E-state index in [0.717, 1.165) is 42.4 Å². The number of aryl methyl sites for hydroxylation is 1. The van der Waals surface area contributed by atoms with E-state index in [1.165, 1.54) is 38.8 Å². The molecule has 0 amide bonds. The molecule has 24 heavy (non-hydrogen) atoms. The summed E-state index contributed by atoms with van der Waals surface area (Å²) in [5, 5.41) is 0. The quantitative estimate of drug-likeness (QED) is 0.838. The average Bonchev–Trinajstić information content (AvgIpc) is 2.90. The molecule has 1 aromatic carbocycles. The minimum atomic E-state index is 0.0172. The smallest absolute Gasteiger partial charge is 0.306 e. The number of para-hydroxylation sites is 2. The zero-order valence-corrected chi connectivity index (χ0v) is 15.1. The van der Waals surface area contributed by atoms with Crippen molar-refractivity contribution >= 4 is 11.0 Å². The lowest BCUT2D eigenvalue weighted by Crippen LogP contribution is -2.35. The fourth-order valence-electron chi connectivity index (χ4n) is 3.85. The number of fused-ring (bicyclic) bond motifs is 1. The number of H-pyrrole nitrogens is 1. The number of rotatable bonds is 7. The maximum atomic E-state index is 12.1. The maximum absolute atomic E-state index is 12.1. The fraction of sp³-hybridized carbons (Fsp3) is 0.650. The predicted octanol–water partition coefficient (Wildman–Crippen LogP) is 3.87. The topological polar surface area (TPSA) is 41.0 Å². The molecule has 0 spiro atoms. The molecule has 0 bridgehead atoms. The van der Waals surface area contributed by atoms with Gasteiger partial charge in [-0.1, -0.05) is 38.8 Å². The number of aromatic amines is 1. The number of nitrogens with zero attached hydrogens (tertiary/aromatic N) is 2. The summed E-state index contributed by atoms with van der Waals surface area (Å²) < 4.78 is 1.88. The van der Waals surface area contributed by atoms with Crippen LogP contribution in [0.15, 0.2) is 29.1 Å². The highest BCUT2D eigenvalue weighted by Crippen LogP contribution is 2.23. The summed E-state index contributed by atoms with van der Waals surface area (Å²) in [7, 11) is 0. The first kappa shape index (κ1) is 17.3. The number of aromatic nitrogens is 2. The van der Waals surface area contributed by atoms with Crippen molar-refractivity contribution in [2.24, 2.45) is 11.8 Å². The van der Waals surface area contributed by atoms with Gasteiger partial charge in [0.05, 0.1) is 11.0 Å². The van der Waals surface area contributed by atoms with Crippen LogP contribution in [0.4, 0.5) is 0 Å². The molecule has 0 aliphatic carbocycles. The second-order valence-corrected chi connectivity index (χ2v) is 7.71. The molecule has 2 aromatic rings. The molecule has 0 radical (unpaired) electrons. The van der Waals surface area contributed by atoms with Crippen LogP contribution >= 0.6 is 0 Å². The standard InChI is InChI=1S/C20H31N3O/c1-16(2)8-9-17-10-14-22(15-11-17)12-5-13-23-19-7-4-3-6-18(19)21-20(23)24/h3-4,6-7,16-17H,5,8-15H2,1-2H3,(H,21,24). The molecule has 1 saturated heterocycles. The Morgan fingerprint density at radius 3 is 2.67 bits per heavy atom. The normalized spacial score (nSPS) is 17.1. The molecule has 1 N–H and O–H groups in total. The van der Waals surface area contributed by atoms with Crippen LogP contribution in [0, 0.1) is 11.8 Å². The largest absolute Gasteiger partial charge is 0.326 e. The van der Waals surface area contributed by atoms with E-state index in [-0.39, 0.29) is 5.69 Å². The van der Waals surface area contributed by atoms with Gasteiger partial charge in [-0.15, -0.1) is 0 Å². The summed E-state index contributed by atoms with van der Waals surface area (Å²) in [4.78, 5) is 17.6. The number of nitrogens with one attached hydrogen (secondary N) is 1. The fourth-order valence-corrected chi connectivity index (χ4v) is 3.85. The highest BCUT2D eigenvalue weighted by atomic mass is 16.1. The number of imidazole rings is 1. The number of benzene rings is 1. The Morgan fingerprint density at radius 2 is 1.92 bits per heavy atom. The maximum Gasteiger partial charge on any atom is 0.326 e. The van der Waals surface area contributed by atoms with E-state index in [4.69, 9.17) is 0 Å². The lowest BCUT2D eigenvalue weighted by Gasteiger charge is -2.32. The van der Waals surface area contributed by atoms with Crippen molar-refractivity contribution in [3.05, 3.63) is 34.7 Å². The molecule has 4 heteroatoms. The van der Waals surface area contributed by atoms with Crippen molar-refractivity contribution in [3.8, 4) is 0 Å². The Bertz CT molecular complexity index is 692. The van der Waals surface area contributed by atoms with E-state index in [9.17, 15) is 4.79 Å². The molecule has 0 unspecified atom stereocenters. The van der Waals surface area contributed by atoms with Crippen LogP contribution in [0.3, 0.4) is 0 Å². The molecule has 1 aromatic heterocycles. The first-order valence-corrected chi connectivity index (χ1v) is 9.53. The summed E-state index contributed by atoms with van der Waals surface area (Å²) >= 11 is 0. The van der Waals surface area contributed by atoms with Crippen LogP contribution < -0.4 is 5.69 Å². The van der Waals surface area contributed by atoms with Crippen LogP contribution in [0.5, 0.6) is 0 Å². The molecule has 0 atom stereocenters. The van der Waals surface area contributed by atoms with Crippen LogP contribution in [0.25, 0.3) is 11.0 Å². The molecule has 0 saturated carbocycles. The average molecular weight is 329 g/mol. The summed E-state index contributed by atoms with van der Waals surface area (Å²) in [5.74, 6) is 1.76. The van der Waals surface area contributed by atoms with E-state index in [2.05, 4.69) is 23.7 Å². The van der Waals surface area contributed by atoms with Crippen molar-refractivity contribution in [1.29, 1.82) is 0 Å². The van der Waals surface area contributed by atoms with Crippen LogP contribution in [-0.2, 0) is 6.54 Å². The number of hydrogen-bond acceptors (Lipinski definition) is 2. The van der Waals surface area contributed by atoms with Crippen LogP contribution in [0.1, 0.15) is 46.0 Å². The monoisotopic (exact) mass is 329 g/mol. The van der Waals surface area contributed by atoms with E-state index >= 15 is 0 Å². The third-order valence-electron chi connectivity index (χ3n) is 5.40. The van der Waals surface area contributed by atoms with Gasteiger partial charge in [0.1, 0.15) is 0 Å². The van der Waals surface area contributed by atoms with Crippen molar-refractivity contribution in [2.45, 2.75) is 52.5 Å². The Morgan fingerprint density at radius 1 is 1.17 bits per heavy atom. The molecule has 2 heterocycles. The Hall–Kier alpha value is -1.55. The first-order chi connectivity index (χ1) is 11.6. The van der Waals surface area contributed by atoms with Gasteiger partial charge in [-0.3, -0.25) is 4.57 Å². The lowest BCUT2D eigenvalue weighted by molar-refractivity contribution is 0.171. The second-order valence-electron chi connectivity index (χ2n) is 7.71.